The number of aromatic nitrogens is 3. The first-order valence-corrected chi connectivity index (χ1v) is 8.97. The van der Waals surface area contributed by atoms with Crippen molar-refractivity contribution in [2.75, 3.05) is 0 Å². The molecule has 0 bridgehead atoms. The lowest BCUT2D eigenvalue weighted by atomic mass is 10.1. The average Bonchev–Trinajstić information content (AvgIpc) is 2.99. The predicted molar refractivity (Wildman–Crippen MR) is 99.6 cm³/mol. The van der Waals surface area contributed by atoms with Crippen LogP contribution in [0.5, 0.6) is 0 Å². The lowest BCUT2D eigenvalue weighted by molar-refractivity contribution is 0.744. The Kier molecular flexibility index (Phi) is 5.43. The van der Waals surface area contributed by atoms with E-state index in [4.69, 9.17) is 0 Å². The Morgan fingerprint density at radius 3 is 2.46 bits per heavy atom. The van der Waals surface area contributed by atoms with E-state index in [1.54, 1.807) is 16.4 Å². The minimum absolute atomic E-state index is 0.784. The number of aryl methyl sites for hydroxylation is 2. The fourth-order valence-electron chi connectivity index (χ4n) is 2.25. The molecule has 0 spiro atoms. The smallest absolute Gasteiger partial charge is 0.192 e. The third-order valence-electron chi connectivity index (χ3n) is 3.69. The maximum absolute atomic E-state index is 4.55. The maximum Gasteiger partial charge on any atom is 0.212 e. The molecule has 3 rings (SSSR count). The molecular weight excluding hydrogens is 316 g/mol. The first-order valence-electron chi connectivity index (χ1n) is 7.98. The molecule has 0 fully saturated rings. The SMILES string of the molecule is CCc1ccc(/C=N/n2c(C)nnc2SCc2ccccc2)cc1. The van der Waals surface area contributed by atoms with Gasteiger partial charge in [0.1, 0.15) is 0 Å². The van der Waals surface area contributed by atoms with Crippen LogP contribution in [0.15, 0.2) is 64.9 Å². The summed E-state index contributed by atoms with van der Waals surface area (Å²) in [6, 6.07) is 18.8. The molecule has 0 amide bonds. The Morgan fingerprint density at radius 1 is 1.00 bits per heavy atom. The van der Waals surface area contributed by atoms with Gasteiger partial charge >= 0.3 is 0 Å². The monoisotopic (exact) mass is 336 g/mol. The molecule has 1 heterocycles. The number of thioether (sulfide) groups is 1. The number of hydrogen-bond acceptors (Lipinski definition) is 4. The molecule has 0 radical (unpaired) electrons. The fourth-order valence-corrected chi connectivity index (χ4v) is 3.14. The summed E-state index contributed by atoms with van der Waals surface area (Å²) < 4.78 is 1.79. The zero-order chi connectivity index (χ0) is 16.8. The predicted octanol–water partition coefficient (Wildman–Crippen LogP) is 4.32. The highest BCUT2D eigenvalue weighted by Crippen LogP contribution is 2.21. The lowest BCUT2D eigenvalue weighted by Crippen LogP contribution is -1.96. The molecule has 24 heavy (non-hydrogen) atoms. The van der Waals surface area contributed by atoms with Gasteiger partial charge in [0, 0.05) is 5.75 Å². The van der Waals surface area contributed by atoms with Crippen LogP contribution in [0, 0.1) is 6.92 Å². The molecule has 0 atom stereocenters. The normalized spacial score (nSPS) is 11.2. The molecular formula is C19H20N4S. The van der Waals surface area contributed by atoms with E-state index in [1.807, 2.05) is 31.3 Å². The first kappa shape index (κ1) is 16.5. The van der Waals surface area contributed by atoms with Crippen molar-refractivity contribution in [3.63, 3.8) is 0 Å². The van der Waals surface area contributed by atoms with Crippen LogP contribution in [0.3, 0.4) is 0 Å². The van der Waals surface area contributed by atoms with Gasteiger partial charge in [-0.25, -0.2) is 0 Å². The molecule has 3 aromatic rings. The highest BCUT2D eigenvalue weighted by atomic mass is 32.2. The van der Waals surface area contributed by atoms with Crippen LogP contribution in [-0.4, -0.2) is 21.1 Å². The van der Waals surface area contributed by atoms with Crippen LogP contribution >= 0.6 is 11.8 Å². The Balaban J connectivity index is 1.73. The van der Waals surface area contributed by atoms with Crippen molar-refractivity contribution in [2.24, 2.45) is 5.10 Å². The molecule has 0 saturated carbocycles. The van der Waals surface area contributed by atoms with Crippen LogP contribution in [0.2, 0.25) is 0 Å². The van der Waals surface area contributed by atoms with Crippen molar-refractivity contribution in [3.8, 4) is 0 Å². The van der Waals surface area contributed by atoms with Gasteiger partial charge in [0.25, 0.3) is 0 Å². The second-order valence-electron chi connectivity index (χ2n) is 5.46. The van der Waals surface area contributed by atoms with E-state index in [2.05, 4.69) is 58.6 Å². The van der Waals surface area contributed by atoms with Crippen molar-refractivity contribution in [1.29, 1.82) is 0 Å². The minimum Gasteiger partial charge on any atom is -0.192 e. The van der Waals surface area contributed by atoms with Crippen LogP contribution in [0.1, 0.15) is 29.4 Å². The summed E-state index contributed by atoms with van der Waals surface area (Å²) in [5.74, 6) is 1.63. The molecule has 2 aromatic carbocycles. The van der Waals surface area contributed by atoms with E-state index in [1.165, 1.54) is 11.1 Å². The topological polar surface area (TPSA) is 43.1 Å². The Hall–Kier alpha value is -2.40. The van der Waals surface area contributed by atoms with E-state index < -0.39 is 0 Å². The number of nitrogens with zero attached hydrogens (tertiary/aromatic N) is 4. The van der Waals surface area contributed by atoms with Gasteiger partial charge < -0.3 is 0 Å². The Morgan fingerprint density at radius 2 is 1.75 bits per heavy atom. The van der Waals surface area contributed by atoms with Gasteiger partial charge in [-0.1, -0.05) is 73.3 Å². The van der Waals surface area contributed by atoms with Gasteiger partial charge in [0.05, 0.1) is 6.21 Å². The lowest BCUT2D eigenvalue weighted by Gasteiger charge is -2.03. The van der Waals surface area contributed by atoms with Crippen molar-refractivity contribution < 1.29 is 0 Å². The minimum atomic E-state index is 0.784. The van der Waals surface area contributed by atoms with E-state index in [0.717, 1.165) is 28.7 Å². The highest BCUT2D eigenvalue weighted by Gasteiger charge is 2.08. The highest BCUT2D eigenvalue weighted by molar-refractivity contribution is 7.98. The molecule has 0 saturated heterocycles. The van der Waals surface area contributed by atoms with Crippen molar-refractivity contribution in [1.82, 2.24) is 14.9 Å². The molecule has 122 valence electrons. The van der Waals surface area contributed by atoms with E-state index in [9.17, 15) is 0 Å². The molecule has 1 aromatic heterocycles. The van der Waals surface area contributed by atoms with Crippen LogP contribution in [0.4, 0.5) is 0 Å². The average molecular weight is 336 g/mol. The number of hydrogen-bond donors (Lipinski definition) is 0. The summed E-state index contributed by atoms with van der Waals surface area (Å²) in [6.07, 6.45) is 2.89. The van der Waals surface area contributed by atoms with Crippen molar-refractivity contribution in [2.45, 2.75) is 31.2 Å². The third kappa shape index (κ3) is 4.11. The summed E-state index contributed by atoms with van der Waals surface area (Å²) in [5, 5.41) is 13.7. The van der Waals surface area contributed by atoms with E-state index in [0.29, 0.717) is 0 Å². The van der Waals surface area contributed by atoms with Gasteiger partial charge in [-0.15, -0.1) is 10.2 Å². The number of benzene rings is 2. The van der Waals surface area contributed by atoms with Gasteiger partial charge in [0.2, 0.25) is 5.16 Å². The molecule has 0 unspecified atom stereocenters. The molecule has 0 aliphatic rings. The van der Waals surface area contributed by atoms with Gasteiger partial charge in [0.15, 0.2) is 5.82 Å². The summed E-state index contributed by atoms with van der Waals surface area (Å²) >= 11 is 1.64. The van der Waals surface area contributed by atoms with Crippen LogP contribution < -0.4 is 0 Å². The van der Waals surface area contributed by atoms with Crippen LogP contribution in [-0.2, 0) is 12.2 Å². The molecule has 0 aliphatic heterocycles. The molecule has 5 heteroatoms. The fraction of sp³-hybridized carbons (Fsp3) is 0.211. The van der Waals surface area contributed by atoms with E-state index in [-0.39, 0.29) is 0 Å². The standard InChI is InChI=1S/C19H20N4S/c1-3-16-9-11-17(12-10-16)13-20-23-15(2)21-22-19(23)24-14-18-7-5-4-6-8-18/h4-13H,3,14H2,1-2H3/b20-13+. The van der Waals surface area contributed by atoms with E-state index >= 15 is 0 Å². The third-order valence-corrected chi connectivity index (χ3v) is 4.68. The van der Waals surface area contributed by atoms with Gasteiger partial charge in [-0.05, 0) is 30.0 Å². The zero-order valence-corrected chi connectivity index (χ0v) is 14.7. The van der Waals surface area contributed by atoms with Gasteiger partial charge in [-0.3, -0.25) is 0 Å². The Bertz CT molecular complexity index is 807. The Labute approximate surface area is 146 Å². The summed E-state index contributed by atoms with van der Waals surface area (Å²) in [7, 11) is 0. The van der Waals surface area contributed by atoms with Crippen LogP contribution in [0.25, 0.3) is 0 Å². The van der Waals surface area contributed by atoms with Crippen molar-refractivity contribution in [3.05, 3.63) is 77.1 Å². The maximum atomic E-state index is 4.55. The zero-order valence-electron chi connectivity index (χ0n) is 13.9. The summed E-state index contributed by atoms with van der Waals surface area (Å²) in [6.45, 7) is 4.07. The molecule has 4 nitrogen and oxygen atoms in total. The summed E-state index contributed by atoms with van der Waals surface area (Å²) in [5.41, 5.74) is 3.65. The molecule has 0 aliphatic carbocycles. The second kappa shape index (κ2) is 7.93. The quantitative estimate of drug-likeness (QED) is 0.497. The second-order valence-corrected chi connectivity index (χ2v) is 6.40. The summed E-state index contributed by atoms with van der Waals surface area (Å²) in [4.78, 5) is 0. The largest absolute Gasteiger partial charge is 0.212 e. The first-order chi connectivity index (χ1) is 11.8. The van der Waals surface area contributed by atoms with Gasteiger partial charge in [-0.2, -0.15) is 9.78 Å². The molecule has 0 N–H and O–H groups in total. The number of rotatable bonds is 6. The van der Waals surface area contributed by atoms with Crippen molar-refractivity contribution >= 4 is 18.0 Å².